The van der Waals surface area contributed by atoms with Crippen LogP contribution in [0.15, 0.2) is 18.2 Å². The minimum Gasteiger partial charge on any atom is -0.484 e. The lowest BCUT2D eigenvalue weighted by molar-refractivity contribution is -0.132. The quantitative estimate of drug-likeness (QED) is 0.897. The van der Waals surface area contributed by atoms with Crippen molar-refractivity contribution in [3.05, 3.63) is 29.3 Å². The molecule has 0 spiro atoms. The Balaban J connectivity index is 2.00. The van der Waals surface area contributed by atoms with Crippen molar-refractivity contribution in [2.75, 3.05) is 19.7 Å². The molecule has 1 aliphatic carbocycles. The van der Waals surface area contributed by atoms with E-state index in [0.717, 1.165) is 25.0 Å². The van der Waals surface area contributed by atoms with Crippen LogP contribution in [-0.2, 0) is 11.2 Å². The summed E-state index contributed by atoms with van der Waals surface area (Å²) in [6, 6.07) is 6.10. The molecule has 0 aliphatic heterocycles. The van der Waals surface area contributed by atoms with Gasteiger partial charge in [-0.15, -0.1) is 0 Å². The van der Waals surface area contributed by atoms with E-state index in [1.54, 1.807) is 4.90 Å². The highest BCUT2D eigenvalue weighted by molar-refractivity contribution is 5.77. The number of carbonyl (C=O) groups excluding carboxylic acids is 1. The van der Waals surface area contributed by atoms with Gasteiger partial charge >= 0.3 is 0 Å². The van der Waals surface area contributed by atoms with Gasteiger partial charge in [-0.2, -0.15) is 0 Å². The van der Waals surface area contributed by atoms with Gasteiger partial charge in [-0.1, -0.05) is 6.07 Å². The summed E-state index contributed by atoms with van der Waals surface area (Å²) < 4.78 is 5.62. The molecule has 1 aromatic carbocycles. The van der Waals surface area contributed by atoms with Crippen molar-refractivity contribution in [3.63, 3.8) is 0 Å². The summed E-state index contributed by atoms with van der Waals surface area (Å²) in [5.74, 6) is 0.763. The van der Waals surface area contributed by atoms with E-state index in [-0.39, 0.29) is 18.6 Å². The Bertz CT molecular complexity index is 470. The number of rotatable bonds is 5. The van der Waals surface area contributed by atoms with Crippen LogP contribution in [0.4, 0.5) is 0 Å². The number of hydrogen-bond acceptors (Lipinski definition) is 3. The monoisotopic (exact) mass is 276 g/mol. The van der Waals surface area contributed by atoms with E-state index < -0.39 is 0 Å². The predicted molar refractivity (Wildman–Crippen MR) is 79.7 cm³/mol. The SMILES string of the molecule is CCN(CC)C(=O)COc1ccc2c(c1)[C@@H](N)CCC2. The molecular formula is C16H24N2O2. The van der Waals surface area contributed by atoms with Gasteiger partial charge in [-0.05, 0) is 56.4 Å². The molecule has 2 rings (SSSR count). The Morgan fingerprint density at radius 1 is 1.40 bits per heavy atom. The molecule has 0 unspecified atom stereocenters. The smallest absolute Gasteiger partial charge is 0.260 e. The van der Waals surface area contributed by atoms with Gasteiger partial charge in [0.2, 0.25) is 0 Å². The molecule has 0 heterocycles. The van der Waals surface area contributed by atoms with Gasteiger partial charge in [0.1, 0.15) is 5.75 Å². The molecule has 2 N–H and O–H groups in total. The molecule has 1 atom stereocenters. The van der Waals surface area contributed by atoms with E-state index in [4.69, 9.17) is 10.5 Å². The van der Waals surface area contributed by atoms with Crippen molar-refractivity contribution in [3.8, 4) is 5.75 Å². The summed E-state index contributed by atoms with van der Waals surface area (Å²) in [4.78, 5) is 13.7. The summed E-state index contributed by atoms with van der Waals surface area (Å²) >= 11 is 0. The zero-order valence-electron chi connectivity index (χ0n) is 12.4. The van der Waals surface area contributed by atoms with Gasteiger partial charge in [0, 0.05) is 19.1 Å². The Kier molecular flexibility index (Phi) is 5.01. The fourth-order valence-electron chi connectivity index (χ4n) is 2.72. The molecule has 1 aliphatic rings. The van der Waals surface area contributed by atoms with E-state index >= 15 is 0 Å². The van der Waals surface area contributed by atoms with E-state index in [0.29, 0.717) is 13.1 Å². The normalized spacial score (nSPS) is 17.4. The number of likely N-dealkylation sites (N-methyl/N-ethyl adjacent to an activating group) is 1. The number of benzene rings is 1. The van der Waals surface area contributed by atoms with Crippen LogP contribution in [0.25, 0.3) is 0 Å². The molecule has 110 valence electrons. The summed E-state index contributed by atoms with van der Waals surface area (Å²) in [7, 11) is 0. The van der Waals surface area contributed by atoms with Gasteiger partial charge < -0.3 is 15.4 Å². The topological polar surface area (TPSA) is 55.6 Å². The molecule has 0 bridgehead atoms. The summed E-state index contributed by atoms with van der Waals surface area (Å²) in [6.45, 7) is 5.47. The number of ether oxygens (including phenoxy) is 1. The van der Waals surface area contributed by atoms with Crippen LogP contribution in [0.5, 0.6) is 5.75 Å². The van der Waals surface area contributed by atoms with Crippen LogP contribution in [0.3, 0.4) is 0 Å². The minimum absolute atomic E-state index is 0.0250. The van der Waals surface area contributed by atoms with Gasteiger partial charge in [0.05, 0.1) is 0 Å². The maximum absolute atomic E-state index is 11.9. The first-order valence-corrected chi connectivity index (χ1v) is 7.44. The lowest BCUT2D eigenvalue weighted by Gasteiger charge is -2.23. The molecule has 0 saturated carbocycles. The number of nitrogens with zero attached hydrogens (tertiary/aromatic N) is 1. The fourth-order valence-corrected chi connectivity index (χ4v) is 2.72. The van der Waals surface area contributed by atoms with Gasteiger partial charge in [0.25, 0.3) is 5.91 Å². The minimum atomic E-state index is 0.0250. The second kappa shape index (κ2) is 6.75. The molecule has 0 saturated heterocycles. The molecule has 1 amide bonds. The molecule has 20 heavy (non-hydrogen) atoms. The predicted octanol–water partition coefficient (Wildman–Crippen LogP) is 2.27. The Morgan fingerprint density at radius 2 is 2.15 bits per heavy atom. The van der Waals surface area contributed by atoms with Gasteiger partial charge in [-0.3, -0.25) is 4.79 Å². The average molecular weight is 276 g/mol. The van der Waals surface area contributed by atoms with Gasteiger partial charge in [-0.25, -0.2) is 0 Å². The Morgan fingerprint density at radius 3 is 2.85 bits per heavy atom. The largest absolute Gasteiger partial charge is 0.484 e. The van der Waals surface area contributed by atoms with Crippen LogP contribution >= 0.6 is 0 Å². The van der Waals surface area contributed by atoms with E-state index in [9.17, 15) is 4.79 Å². The second-order valence-corrected chi connectivity index (χ2v) is 5.21. The maximum atomic E-state index is 11.9. The first kappa shape index (κ1) is 14.9. The Hall–Kier alpha value is -1.55. The van der Waals surface area contributed by atoms with Crippen LogP contribution in [0.1, 0.15) is 43.9 Å². The van der Waals surface area contributed by atoms with Crippen LogP contribution < -0.4 is 10.5 Å². The highest BCUT2D eigenvalue weighted by Gasteiger charge is 2.17. The number of carbonyl (C=O) groups is 1. The summed E-state index contributed by atoms with van der Waals surface area (Å²) in [6.07, 6.45) is 3.26. The number of fused-ring (bicyclic) bond motifs is 1. The molecule has 0 radical (unpaired) electrons. The summed E-state index contributed by atoms with van der Waals surface area (Å²) in [5.41, 5.74) is 8.61. The average Bonchev–Trinajstić information content (AvgIpc) is 2.47. The lowest BCUT2D eigenvalue weighted by atomic mass is 9.88. The number of nitrogens with two attached hydrogens (primary N) is 1. The van der Waals surface area contributed by atoms with Crippen molar-refractivity contribution >= 4 is 5.91 Å². The zero-order valence-corrected chi connectivity index (χ0v) is 12.4. The van der Waals surface area contributed by atoms with Crippen molar-refractivity contribution in [1.29, 1.82) is 0 Å². The third-order valence-corrected chi connectivity index (χ3v) is 3.96. The van der Waals surface area contributed by atoms with Crippen LogP contribution in [0, 0.1) is 0 Å². The second-order valence-electron chi connectivity index (χ2n) is 5.21. The van der Waals surface area contributed by atoms with Crippen molar-refractivity contribution in [2.45, 2.75) is 39.2 Å². The number of hydrogen-bond donors (Lipinski definition) is 1. The Labute approximate surface area is 120 Å². The molecule has 0 aromatic heterocycles. The molecular weight excluding hydrogens is 252 g/mol. The number of amides is 1. The first-order chi connectivity index (χ1) is 9.65. The molecule has 4 heteroatoms. The number of aryl methyl sites for hydroxylation is 1. The van der Waals surface area contributed by atoms with E-state index in [2.05, 4.69) is 6.07 Å². The first-order valence-electron chi connectivity index (χ1n) is 7.44. The maximum Gasteiger partial charge on any atom is 0.260 e. The molecule has 4 nitrogen and oxygen atoms in total. The van der Waals surface area contributed by atoms with E-state index in [1.807, 2.05) is 26.0 Å². The fraction of sp³-hybridized carbons (Fsp3) is 0.562. The van der Waals surface area contributed by atoms with Crippen molar-refractivity contribution < 1.29 is 9.53 Å². The van der Waals surface area contributed by atoms with Crippen molar-refractivity contribution in [1.82, 2.24) is 4.90 Å². The van der Waals surface area contributed by atoms with E-state index in [1.165, 1.54) is 11.1 Å². The highest BCUT2D eigenvalue weighted by Crippen LogP contribution is 2.30. The summed E-state index contributed by atoms with van der Waals surface area (Å²) in [5, 5.41) is 0. The zero-order chi connectivity index (χ0) is 14.5. The van der Waals surface area contributed by atoms with Crippen LogP contribution in [0.2, 0.25) is 0 Å². The standard InChI is InChI=1S/C16H24N2O2/c1-3-18(4-2)16(19)11-20-13-9-8-12-6-5-7-15(17)14(12)10-13/h8-10,15H,3-7,11,17H2,1-2H3/t15-/m0/s1. The third kappa shape index (κ3) is 3.31. The molecule has 0 fully saturated rings. The van der Waals surface area contributed by atoms with Crippen LogP contribution in [-0.4, -0.2) is 30.5 Å². The van der Waals surface area contributed by atoms with Gasteiger partial charge in [0.15, 0.2) is 6.61 Å². The third-order valence-electron chi connectivity index (χ3n) is 3.96. The highest BCUT2D eigenvalue weighted by atomic mass is 16.5. The lowest BCUT2D eigenvalue weighted by Crippen LogP contribution is -2.34. The van der Waals surface area contributed by atoms with Crippen molar-refractivity contribution in [2.24, 2.45) is 5.73 Å². The molecule has 1 aromatic rings.